The lowest BCUT2D eigenvalue weighted by molar-refractivity contribution is -0.121. The molecule has 0 bridgehead atoms. The number of aromatic nitrogens is 1. The van der Waals surface area contributed by atoms with Crippen LogP contribution in [0.2, 0.25) is 5.02 Å². The van der Waals surface area contributed by atoms with Gasteiger partial charge in [0.05, 0.1) is 4.70 Å². The maximum atomic E-state index is 12.3. The number of fused-ring (bicyclic) bond motifs is 1. The third-order valence-corrected chi connectivity index (χ3v) is 7.14. The van der Waals surface area contributed by atoms with Gasteiger partial charge in [0.1, 0.15) is 11.3 Å². The lowest BCUT2D eigenvalue weighted by Crippen LogP contribution is -2.40. The van der Waals surface area contributed by atoms with Crippen LogP contribution < -0.4 is 15.5 Å². The summed E-state index contributed by atoms with van der Waals surface area (Å²) in [5.74, 6) is 0.151. The van der Waals surface area contributed by atoms with E-state index in [0.29, 0.717) is 31.1 Å². The molecule has 184 valence electrons. The van der Waals surface area contributed by atoms with Crippen molar-refractivity contribution in [2.45, 2.75) is 39.2 Å². The Morgan fingerprint density at radius 1 is 1.09 bits per heavy atom. The maximum Gasteiger partial charge on any atom is 0.305 e. The molecule has 0 spiro atoms. The number of phenolic OH excluding ortho intramolecular Hbond substituents is 1. The van der Waals surface area contributed by atoms with Gasteiger partial charge in [-0.3, -0.25) is 14.5 Å². The number of hydrogen-bond donors (Lipinski definition) is 4. The van der Waals surface area contributed by atoms with Crippen molar-refractivity contribution in [3.05, 3.63) is 62.2 Å². The van der Waals surface area contributed by atoms with Crippen LogP contribution in [0.1, 0.15) is 31.4 Å². The van der Waals surface area contributed by atoms with E-state index in [9.17, 15) is 14.7 Å². The molecule has 4 N–H and O–H groups in total. The lowest BCUT2D eigenvalue weighted by Gasteiger charge is -2.26. The Bertz CT molecular complexity index is 1140. The molecule has 0 saturated carbocycles. The molecular formula is C25H33ClN4O3S. The zero-order valence-corrected chi connectivity index (χ0v) is 21.3. The number of nitrogens with one attached hydrogen (secondary N) is 3. The Morgan fingerprint density at radius 3 is 2.62 bits per heavy atom. The predicted octanol–water partition coefficient (Wildman–Crippen LogP) is 3.54. The van der Waals surface area contributed by atoms with Crippen molar-refractivity contribution in [3.8, 4) is 5.75 Å². The molecule has 0 fully saturated rings. The van der Waals surface area contributed by atoms with E-state index in [1.165, 1.54) is 0 Å². The molecule has 1 heterocycles. The van der Waals surface area contributed by atoms with Crippen molar-refractivity contribution < 1.29 is 9.90 Å². The van der Waals surface area contributed by atoms with E-state index in [2.05, 4.69) is 34.4 Å². The second kappa shape index (κ2) is 12.9. The van der Waals surface area contributed by atoms with E-state index >= 15 is 0 Å². The lowest BCUT2D eigenvalue weighted by atomic mass is 10.1. The minimum absolute atomic E-state index is 0.0486. The third kappa shape index (κ3) is 7.56. The number of phenols is 1. The van der Waals surface area contributed by atoms with Crippen molar-refractivity contribution in [1.29, 1.82) is 0 Å². The monoisotopic (exact) mass is 504 g/mol. The molecule has 0 aliphatic rings. The molecule has 0 atom stereocenters. The molecule has 3 rings (SSSR count). The number of rotatable bonds is 13. The van der Waals surface area contributed by atoms with Crippen LogP contribution in [0.15, 0.2) is 41.2 Å². The van der Waals surface area contributed by atoms with Crippen LogP contribution in [0.5, 0.6) is 5.75 Å². The van der Waals surface area contributed by atoms with E-state index in [1.807, 2.05) is 30.3 Å². The third-order valence-electron chi connectivity index (χ3n) is 5.82. The van der Waals surface area contributed by atoms with Crippen LogP contribution in [0.4, 0.5) is 0 Å². The SMILES string of the molecule is CC(C)N(CCNCCc1ccc(O)c2[nH]c(=O)sc12)CCC(=O)NCCc1ccccc1Cl. The first kappa shape index (κ1) is 26.2. The van der Waals surface area contributed by atoms with Crippen LogP contribution in [0.25, 0.3) is 10.2 Å². The van der Waals surface area contributed by atoms with E-state index in [4.69, 9.17) is 11.6 Å². The van der Waals surface area contributed by atoms with Crippen LogP contribution in [-0.2, 0) is 17.6 Å². The summed E-state index contributed by atoms with van der Waals surface area (Å²) in [5.41, 5.74) is 2.60. The number of hydrogen-bond acceptors (Lipinski definition) is 6. The van der Waals surface area contributed by atoms with Crippen LogP contribution in [0, 0.1) is 0 Å². The van der Waals surface area contributed by atoms with E-state index in [0.717, 1.165) is 64.7 Å². The topological polar surface area (TPSA) is 97.5 Å². The van der Waals surface area contributed by atoms with Gasteiger partial charge in [-0.1, -0.05) is 47.2 Å². The van der Waals surface area contributed by atoms with Gasteiger partial charge in [0.15, 0.2) is 0 Å². The van der Waals surface area contributed by atoms with Crippen molar-refractivity contribution >= 4 is 39.1 Å². The zero-order valence-electron chi connectivity index (χ0n) is 19.7. The van der Waals surface area contributed by atoms with Gasteiger partial charge in [-0.25, -0.2) is 0 Å². The van der Waals surface area contributed by atoms with Crippen molar-refractivity contribution in [1.82, 2.24) is 20.5 Å². The highest BCUT2D eigenvalue weighted by Crippen LogP contribution is 2.27. The smallest absolute Gasteiger partial charge is 0.305 e. The Kier molecular flexibility index (Phi) is 9.95. The summed E-state index contributed by atoms with van der Waals surface area (Å²) in [5, 5.41) is 17.1. The summed E-state index contributed by atoms with van der Waals surface area (Å²) in [6.07, 6.45) is 1.94. The normalized spacial score (nSPS) is 11.6. The maximum absolute atomic E-state index is 12.3. The molecule has 0 aliphatic carbocycles. The fourth-order valence-electron chi connectivity index (χ4n) is 3.84. The Balaban J connectivity index is 1.36. The number of aromatic hydroxyl groups is 1. The zero-order chi connectivity index (χ0) is 24.5. The minimum atomic E-state index is -0.161. The second-order valence-corrected chi connectivity index (χ2v) is 9.92. The van der Waals surface area contributed by atoms with Gasteiger partial charge in [0.2, 0.25) is 5.91 Å². The first-order valence-corrected chi connectivity index (χ1v) is 12.8. The molecule has 0 aliphatic heterocycles. The largest absolute Gasteiger partial charge is 0.506 e. The van der Waals surface area contributed by atoms with Gasteiger partial charge in [0, 0.05) is 43.7 Å². The first-order chi connectivity index (χ1) is 16.3. The molecular weight excluding hydrogens is 472 g/mol. The number of nitrogens with zero attached hydrogens (tertiary/aromatic N) is 1. The van der Waals surface area contributed by atoms with Gasteiger partial charge in [-0.2, -0.15) is 0 Å². The molecule has 9 heteroatoms. The number of benzene rings is 2. The number of carbonyl (C=O) groups is 1. The number of aromatic amines is 1. The van der Waals surface area contributed by atoms with Gasteiger partial charge in [0.25, 0.3) is 0 Å². The summed E-state index contributed by atoms with van der Waals surface area (Å²) in [7, 11) is 0. The molecule has 3 aromatic rings. The quantitative estimate of drug-likeness (QED) is 0.267. The van der Waals surface area contributed by atoms with E-state index in [1.54, 1.807) is 6.07 Å². The summed E-state index contributed by atoms with van der Waals surface area (Å²) >= 11 is 7.30. The first-order valence-electron chi connectivity index (χ1n) is 11.6. The summed E-state index contributed by atoms with van der Waals surface area (Å²) in [6, 6.07) is 11.5. The molecule has 7 nitrogen and oxygen atoms in total. The molecule has 0 unspecified atom stereocenters. The molecule has 0 radical (unpaired) electrons. The Morgan fingerprint density at radius 2 is 1.85 bits per heavy atom. The highest BCUT2D eigenvalue weighted by atomic mass is 35.5. The van der Waals surface area contributed by atoms with Crippen LogP contribution in [0.3, 0.4) is 0 Å². The van der Waals surface area contributed by atoms with Crippen molar-refractivity contribution in [2.75, 3.05) is 32.7 Å². The van der Waals surface area contributed by atoms with E-state index in [-0.39, 0.29) is 16.5 Å². The number of carbonyl (C=O) groups excluding carboxylic acids is 1. The van der Waals surface area contributed by atoms with Gasteiger partial charge >= 0.3 is 4.87 Å². The minimum Gasteiger partial charge on any atom is -0.506 e. The van der Waals surface area contributed by atoms with Gasteiger partial charge < -0.3 is 20.7 Å². The molecule has 1 aromatic heterocycles. The number of halogens is 1. The second-order valence-electron chi connectivity index (χ2n) is 8.53. The van der Waals surface area contributed by atoms with Gasteiger partial charge in [-0.15, -0.1) is 0 Å². The number of H-pyrrole nitrogens is 1. The fourth-order valence-corrected chi connectivity index (χ4v) is 4.97. The fraction of sp³-hybridized carbons (Fsp3) is 0.440. The average Bonchev–Trinajstić information content (AvgIpc) is 3.20. The highest BCUT2D eigenvalue weighted by Gasteiger charge is 2.12. The van der Waals surface area contributed by atoms with E-state index < -0.39 is 0 Å². The molecule has 0 saturated heterocycles. The number of amides is 1. The molecule has 34 heavy (non-hydrogen) atoms. The van der Waals surface area contributed by atoms with Crippen molar-refractivity contribution in [2.24, 2.45) is 0 Å². The average molecular weight is 505 g/mol. The van der Waals surface area contributed by atoms with Crippen molar-refractivity contribution in [3.63, 3.8) is 0 Å². The number of thiazole rings is 1. The summed E-state index contributed by atoms with van der Waals surface area (Å²) in [4.78, 5) is 28.8. The predicted molar refractivity (Wildman–Crippen MR) is 140 cm³/mol. The molecule has 1 amide bonds. The Hall–Kier alpha value is -2.39. The highest BCUT2D eigenvalue weighted by molar-refractivity contribution is 7.16. The standard InChI is InChI=1S/C25H33ClN4O3S/c1-17(2)30(15-11-22(32)28-13-10-18-5-3-4-6-20(18)26)16-14-27-12-9-19-7-8-21(31)23-24(19)34-25(33)29-23/h3-8,17,27,31H,9-16H2,1-2H3,(H,28,32)(H,29,33). The van der Waals surface area contributed by atoms with Gasteiger partial charge in [-0.05, 0) is 56.5 Å². The molecule has 2 aromatic carbocycles. The van der Waals surface area contributed by atoms with Crippen LogP contribution in [-0.4, -0.2) is 59.7 Å². The Labute approximate surface area is 209 Å². The summed E-state index contributed by atoms with van der Waals surface area (Å²) < 4.78 is 0.816. The summed E-state index contributed by atoms with van der Waals surface area (Å²) in [6.45, 7) is 7.95. The van der Waals surface area contributed by atoms with Crippen LogP contribution >= 0.6 is 22.9 Å².